The van der Waals surface area contributed by atoms with Crippen LogP contribution in [0.3, 0.4) is 0 Å². The van der Waals surface area contributed by atoms with Gasteiger partial charge in [0.05, 0.1) is 10.5 Å². The molecule has 2 unspecified atom stereocenters. The van der Waals surface area contributed by atoms with Crippen LogP contribution in [0.2, 0.25) is 0 Å². The number of amides is 1. The molecule has 6 nitrogen and oxygen atoms in total. The number of hydrogen-bond donors (Lipinski definition) is 2. The van der Waals surface area contributed by atoms with Gasteiger partial charge < -0.3 is 10.6 Å². The van der Waals surface area contributed by atoms with E-state index in [1.807, 2.05) is 7.05 Å². The normalized spacial score (nSPS) is 36.3. The Hall–Kier alpha value is -0.950. The molecule has 3 aliphatic rings. The van der Waals surface area contributed by atoms with Gasteiger partial charge in [-0.1, -0.05) is 6.42 Å². The van der Waals surface area contributed by atoms with E-state index in [1.165, 1.54) is 0 Å². The van der Waals surface area contributed by atoms with E-state index in [-0.39, 0.29) is 40.1 Å². The van der Waals surface area contributed by atoms with Gasteiger partial charge in [0.1, 0.15) is 5.78 Å². The molecule has 0 bridgehead atoms. The van der Waals surface area contributed by atoms with Crippen LogP contribution in [0.5, 0.6) is 0 Å². The van der Waals surface area contributed by atoms with Gasteiger partial charge in [0, 0.05) is 23.9 Å². The van der Waals surface area contributed by atoms with Crippen LogP contribution in [-0.4, -0.2) is 49.7 Å². The summed E-state index contributed by atoms with van der Waals surface area (Å²) in [7, 11) is -1.14. The number of carbonyl (C=O) groups excluding carboxylic acids is 2. The zero-order valence-electron chi connectivity index (χ0n) is 18.0. The summed E-state index contributed by atoms with van der Waals surface area (Å²) in [4.78, 5) is 24.3. The maximum Gasteiger partial charge on any atom is 0.223 e. The van der Waals surface area contributed by atoms with Gasteiger partial charge in [-0.3, -0.25) is 9.59 Å². The predicted molar refractivity (Wildman–Crippen MR) is 114 cm³/mol. The van der Waals surface area contributed by atoms with Crippen LogP contribution >= 0.6 is 0 Å². The lowest BCUT2D eigenvalue weighted by molar-refractivity contribution is -0.129. The van der Waals surface area contributed by atoms with Gasteiger partial charge in [-0.05, 0) is 84.6 Å². The molecule has 7 heteroatoms. The van der Waals surface area contributed by atoms with E-state index in [1.54, 1.807) is 6.92 Å². The SMILES string of the molecule is CNC1CCC(S(=O)(=O)C2CCC(NC(=O)C3CCCC(C(C)=O)C3)CC2)CC1. The Morgan fingerprint density at radius 2 is 1.28 bits per heavy atom. The number of rotatable bonds is 6. The highest BCUT2D eigenvalue weighted by molar-refractivity contribution is 7.92. The molecule has 3 aliphatic carbocycles. The number of ketones is 1. The average Bonchev–Trinajstić information content (AvgIpc) is 2.74. The molecule has 3 saturated carbocycles. The minimum atomic E-state index is -3.08. The molecule has 0 saturated heterocycles. The summed E-state index contributed by atoms with van der Waals surface area (Å²) in [6, 6.07) is 0.529. The van der Waals surface area contributed by atoms with Crippen LogP contribution in [0, 0.1) is 11.8 Å². The highest BCUT2D eigenvalue weighted by Crippen LogP contribution is 2.34. The quantitative estimate of drug-likeness (QED) is 0.681. The second-order valence-electron chi connectivity index (χ2n) is 9.50. The fourth-order valence-corrected chi connectivity index (χ4v) is 8.01. The lowest BCUT2D eigenvalue weighted by atomic mass is 9.79. The molecule has 3 rings (SSSR count). The monoisotopic (exact) mass is 426 g/mol. The Labute approximate surface area is 175 Å². The maximum atomic E-state index is 13.1. The molecule has 0 spiro atoms. The van der Waals surface area contributed by atoms with Crippen LogP contribution in [0.25, 0.3) is 0 Å². The molecule has 166 valence electrons. The maximum absolute atomic E-state index is 13.1. The van der Waals surface area contributed by atoms with Gasteiger partial charge in [-0.25, -0.2) is 8.42 Å². The summed E-state index contributed by atoms with van der Waals surface area (Å²) in [5, 5.41) is 5.99. The molecule has 0 aromatic rings. The average molecular weight is 427 g/mol. The first kappa shape index (κ1) is 22.7. The van der Waals surface area contributed by atoms with Crippen molar-refractivity contribution >= 4 is 21.5 Å². The lowest BCUT2D eigenvalue weighted by Gasteiger charge is -2.35. The Bertz CT molecular complexity index is 677. The van der Waals surface area contributed by atoms with Crippen LogP contribution in [0.4, 0.5) is 0 Å². The zero-order valence-corrected chi connectivity index (χ0v) is 18.8. The molecule has 3 fully saturated rings. The largest absolute Gasteiger partial charge is 0.353 e. The van der Waals surface area contributed by atoms with Crippen molar-refractivity contribution in [3.8, 4) is 0 Å². The highest BCUT2D eigenvalue weighted by Gasteiger charge is 2.39. The minimum absolute atomic E-state index is 0.0263. The van der Waals surface area contributed by atoms with E-state index in [2.05, 4.69) is 10.6 Å². The van der Waals surface area contributed by atoms with Gasteiger partial charge in [-0.15, -0.1) is 0 Å². The topological polar surface area (TPSA) is 92.3 Å². The molecule has 2 atom stereocenters. The van der Waals surface area contributed by atoms with Crippen molar-refractivity contribution in [1.29, 1.82) is 0 Å². The molecule has 0 heterocycles. The number of Topliss-reactive ketones (excluding diaryl/α,β-unsaturated/α-hetero) is 1. The fraction of sp³-hybridized carbons (Fsp3) is 0.909. The van der Waals surface area contributed by atoms with Gasteiger partial charge in [-0.2, -0.15) is 0 Å². The van der Waals surface area contributed by atoms with Crippen molar-refractivity contribution < 1.29 is 18.0 Å². The molecular weight excluding hydrogens is 388 g/mol. The van der Waals surface area contributed by atoms with Crippen LogP contribution in [-0.2, 0) is 19.4 Å². The van der Waals surface area contributed by atoms with E-state index in [0.29, 0.717) is 25.3 Å². The summed E-state index contributed by atoms with van der Waals surface area (Å²) in [6.45, 7) is 1.62. The third kappa shape index (κ3) is 5.60. The van der Waals surface area contributed by atoms with Crippen molar-refractivity contribution in [2.45, 2.75) is 107 Å². The number of nitrogens with one attached hydrogen (secondary N) is 2. The standard InChI is InChI=1S/C22H38N2O4S/c1-15(25)16-4-3-5-17(14-16)22(26)24-19-8-12-21(13-9-19)29(27,28)20-10-6-18(23-2)7-11-20/h16-21,23H,3-14H2,1-2H3,(H,24,26). The first-order valence-electron chi connectivity index (χ1n) is 11.5. The van der Waals surface area contributed by atoms with E-state index in [4.69, 9.17) is 0 Å². The minimum Gasteiger partial charge on any atom is -0.353 e. The summed E-state index contributed by atoms with van der Waals surface area (Å²) in [5.41, 5.74) is 0. The molecule has 29 heavy (non-hydrogen) atoms. The van der Waals surface area contributed by atoms with Gasteiger partial charge in [0.2, 0.25) is 5.91 Å². The first-order valence-corrected chi connectivity index (χ1v) is 13.1. The molecule has 0 aromatic carbocycles. The predicted octanol–water partition coefficient (Wildman–Crippen LogP) is 2.75. The summed E-state index contributed by atoms with van der Waals surface area (Å²) in [5.74, 6) is 0.212. The number of sulfone groups is 1. The molecular formula is C22H38N2O4S. The Morgan fingerprint density at radius 1 is 0.759 bits per heavy atom. The van der Waals surface area contributed by atoms with Crippen molar-refractivity contribution in [2.75, 3.05) is 7.05 Å². The Kier molecular flexibility index (Phi) is 7.76. The van der Waals surface area contributed by atoms with E-state index >= 15 is 0 Å². The smallest absolute Gasteiger partial charge is 0.223 e. The van der Waals surface area contributed by atoms with Crippen molar-refractivity contribution in [3.05, 3.63) is 0 Å². The van der Waals surface area contributed by atoms with E-state index < -0.39 is 9.84 Å². The van der Waals surface area contributed by atoms with Crippen LogP contribution in [0.1, 0.15) is 84.0 Å². The van der Waals surface area contributed by atoms with Gasteiger partial charge in [0.25, 0.3) is 0 Å². The lowest BCUT2D eigenvalue weighted by Crippen LogP contribution is -2.45. The summed E-state index contributed by atoms with van der Waals surface area (Å²) >= 11 is 0. The van der Waals surface area contributed by atoms with Crippen molar-refractivity contribution in [1.82, 2.24) is 10.6 Å². The molecule has 2 N–H and O–H groups in total. The van der Waals surface area contributed by atoms with Crippen molar-refractivity contribution in [2.24, 2.45) is 11.8 Å². The summed E-state index contributed by atoms with van der Waals surface area (Å²) in [6.07, 6.45) is 9.56. The van der Waals surface area contributed by atoms with Gasteiger partial charge in [0.15, 0.2) is 9.84 Å². The van der Waals surface area contributed by atoms with E-state index in [0.717, 1.165) is 57.8 Å². The van der Waals surface area contributed by atoms with E-state index in [9.17, 15) is 18.0 Å². The molecule has 0 radical (unpaired) electrons. The second kappa shape index (κ2) is 9.90. The number of hydrogen-bond acceptors (Lipinski definition) is 5. The molecule has 0 aromatic heterocycles. The zero-order chi connectivity index (χ0) is 21.0. The Morgan fingerprint density at radius 3 is 1.79 bits per heavy atom. The number of carbonyl (C=O) groups is 2. The third-order valence-corrected chi connectivity index (χ3v) is 10.5. The second-order valence-corrected chi connectivity index (χ2v) is 12.0. The first-order chi connectivity index (χ1) is 13.8. The Balaban J connectivity index is 1.46. The fourth-order valence-electron chi connectivity index (χ4n) is 5.60. The van der Waals surface area contributed by atoms with Crippen LogP contribution < -0.4 is 10.6 Å². The molecule has 0 aliphatic heterocycles. The van der Waals surface area contributed by atoms with Crippen molar-refractivity contribution in [3.63, 3.8) is 0 Å². The van der Waals surface area contributed by atoms with Crippen LogP contribution in [0.15, 0.2) is 0 Å². The summed E-state index contributed by atoms with van der Waals surface area (Å²) < 4.78 is 26.1. The third-order valence-electron chi connectivity index (χ3n) is 7.65. The van der Waals surface area contributed by atoms with Gasteiger partial charge >= 0.3 is 0 Å². The molecule has 1 amide bonds. The highest BCUT2D eigenvalue weighted by atomic mass is 32.2.